The van der Waals surface area contributed by atoms with E-state index in [4.69, 9.17) is 4.74 Å². The highest BCUT2D eigenvalue weighted by Crippen LogP contribution is 2.40. The average Bonchev–Trinajstić information content (AvgIpc) is 2.95. The summed E-state index contributed by atoms with van der Waals surface area (Å²) < 4.78 is 19.0. The van der Waals surface area contributed by atoms with E-state index in [2.05, 4.69) is 29.3 Å². The quantitative estimate of drug-likeness (QED) is 0.349. The topological polar surface area (TPSA) is 61.9 Å². The SMILES string of the molecule is CCN(CCCNC(=O)[C@H]1CCC(=O)N(c2ccc(OC)cc2)[C@@H]1c1ccc(F)cc1)Cc1ccccc1. The number of piperidine rings is 1. The third-order valence-electron chi connectivity index (χ3n) is 7.14. The minimum atomic E-state index is -0.532. The number of nitrogens with one attached hydrogen (secondary N) is 1. The highest BCUT2D eigenvalue weighted by atomic mass is 19.1. The van der Waals surface area contributed by atoms with Crippen molar-refractivity contribution in [3.8, 4) is 5.75 Å². The molecule has 0 aromatic heterocycles. The van der Waals surface area contributed by atoms with Crippen molar-refractivity contribution in [2.45, 2.75) is 38.8 Å². The number of halogens is 1. The van der Waals surface area contributed by atoms with Gasteiger partial charge in [-0.1, -0.05) is 49.4 Å². The molecular formula is C31H36FN3O3. The molecule has 200 valence electrons. The molecule has 2 atom stereocenters. The summed E-state index contributed by atoms with van der Waals surface area (Å²) in [7, 11) is 1.59. The molecular weight excluding hydrogens is 481 g/mol. The molecule has 1 N–H and O–H groups in total. The van der Waals surface area contributed by atoms with Crippen LogP contribution in [0, 0.1) is 11.7 Å². The molecule has 0 bridgehead atoms. The minimum absolute atomic E-state index is 0.0620. The molecule has 1 saturated heterocycles. The number of amides is 2. The van der Waals surface area contributed by atoms with E-state index >= 15 is 0 Å². The van der Waals surface area contributed by atoms with Crippen LogP contribution in [0.2, 0.25) is 0 Å². The van der Waals surface area contributed by atoms with Crippen LogP contribution in [0.5, 0.6) is 5.75 Å². The van der Waals surface area contributed by atoms with Crippen molar-refractivity contribution in [2.75, 3.05) is 31.6 Å². The van der Waals surface area contributed by atoms with Gasteiger partial charge in [-0.3, -0.25) is 14.5 Å². The zero-order valence-corrected chi connectivity index (χ0v) is 22.1. The predicted molar refractivity (Wildman–Crippen MR) is 147 cm³/mol. The number of hydrogen-bond donors (Lipinski definition) is 1. The molecule has 0 aliphatic carbocycles. The fourth-order valence-corrected chi connectivity index (χ4v) is 5.09. The van der Waals surface area contributed by atoms with Crippen LogP contribution in [-0.2, 0) is 16.1 Å². The molecule has 2 amide bonds. The van der Waals surface area contributed by atoms with Crippen LogP contribution in [0.4, 0.5) is 10.1 Å². The molecule has 1 aliphatic rings. The van der Waals surface area contributed by atoms with Crippen molar-refractivity contribution in [3.63, 3.8) is 0 Å². The number of anilines is 1. The fraction of sp³-hybridized carbons (Fsp3) is 0.355. The zero-order chi connectivity index (χ0) is 26.9. The lowest BCUT2D eigenvalue weighted by Crippen LogP contribution is -2.48. The number of ether oxygens (including phenoxy) is 1. The monoisotopic (exact) mass is 517 g/mol. The lowest BCUT2D eigenvalue weighted by molar-refractivity contribution is -0.129. The lowest BCUT2D eigenvalue weighted by atomic mass is 9.83. The van der Waals surface area contributed by atoms with Crippen molar-refractivity contribution in [1.82, 2.24) is 10.2 Å². The van der Waals surface area contributed by atoms with E-state index in [0.29, 0.717) is 24.4 Å². The fourth-order valence-electron chi connectivity index (χ4n) is 5.09. The summed E-state index contributed by atoms with van der Waals surface area (Å²) in [5, 5.41) is 3.11. The molecule has 0 spiro atoms. The summed E-state index contributed by atoms with van der Waals surface area (Å²) in [6, 6.07) is 23.1. The largest absolute Gasteiger partial charge is 0.497 e. The van der Waals surface area contributed by atoms with Crippen LogP contribution in [0.3, 0.4) is 0 Å². The summed E-state index contributed by atoms with van der Waals surface area (Å²) in [5.74, 6) is -0.278. The summed E-state index contributed by atoms with van der Waals surface area (Å²) in [6.07, 6.45) is 1.53. The van der Waals surface area contributed by atoms with Gasteiger partial charge in [-0.2, -0.15) is 0 Å². The third-order valence-corrected chi connectivity index (χ3v) is 7.14. The molecule has 0 unspecified atom stereocenters. The van der Waals surface area contributed by atoms with E-state index < -0.39 is 12.0 Å². The first-order valence-corrected chi connectivity index (χ1v) is 13.3. The van der Waals surface area contributed by atoms with Gasteiger partial charge in [-0.05, 0) is 66.9 Å². The Kier molecular flexibility index (Phi) is 9.49. The molecule has 0 saturated carbocycles. The average molecular weight is 518 g/mol. The number of rotatable bonds is 11. The van der Waals surface area contributed by atoms with Gasteiger partial charge in [0.25, 0.3) is 0 Å². The number of benzene rings is 3. The number of carbonyl (C=O) groups is 2. The van der Waals surface area contributed by atoms with Gasteiger partial charge in [0, 0.05) is 31.7 Å². The van der Waals surface area contributed by atoms with Gasteiger partial charge < -0.3 is 15.0 Å². The van der Waals surface area contributed by atoms with E-state index in [9.17, 15) is 14.0 Å². The Bertz CT molecular complexity index is 1190. The Morgan fingerprint density at radius 3 is 2.42 bits per heavy atom. The maximum Gasteiger partial charge on any atom is 0.227 e. The molecule has 7 heteroatoms. The van der Waals surface area contributed by atoms with Gasteiger partial charge in [0.1, 0.15) is 11.6 Å². The van der Waals surface area contributed by atoms with Crippen LogP contribution in [0.1, 0.15) is 43.4 Å². The Morgan fingerprint density at radius 2 is 1.76 bits per heavy atom. The second-order valence-electron chi connectivity index (χ2n) is 9.60. The maximum atomic E-state index is 13.7. The second-order valence-corrected chi connectivity index (χ2v) is 9.60. The first kappa shape index (κ1) is 27.3. The van der Waals surface area contributed by atoms with E-state index in [0.717, 1.165) is 31.6 Å². The lowest BCUT2D eigenvalue weighted by Gasteiger charge is -2.41. The number of nitrogens with zero attached hydrogens (tertiary/aromatic N) is 2. The number of carbonyl (C=O) groups excluding carboxylic acids is 2. The summed E-state index contributed by atoms with van der Waals surface area (Å²) in [6.45, 7) is 5.36. The molecule has 1 fully saturated rings. The van der Waals surface area contributed by atoms with Crippen LogP contribution < -0.4 is 15.0 Å². The third kappa shape index (κ3) is 6.78. The van der Waals surface area contributed by atoms with Crippen molar-refractivity contribution in [1.29, 1.82) is 0 Å². The van der Waals surface area contributed by atoms with E-state index in [-0.39, 0.29) is 24.1 Å². The van der Waals surface area contributed by atoms with Crippen molar-refractivity contribution < 1.29 is 18.7 Å². The van der Waals surface area contributed by atoms with Crippen LogP contribution in [-0.4, -0.2) is 43.5 Å². The van der Waals surface area contributed by atoms with E-state index in [1.54, 1.807) is 36.3 Å². The Labute approximate surface area is 224 Å². The molecule has 1 heterocycles. The molecule has 6 nitrogen and oxygen atoms in total. The second kappa shape index (κ2) is 13.2. The van der Waals surface area contributed by atoms with Gasteiger partial charge in [0.05, 0.1) is 19.1 Å². The molecule has 0 radical (unpaired) electrons. The predicted octanol–water partition coefficient (Wildman–Crippen LogP) is 5.35. The van der Waals surface area contributed by atoms with E-state index in [1.807, 2.05) is 30.3 Å². The smallest absolute Gasteiger partial charge is 0.227 e. The minimum Gasteiger partial charge on any atom is -0.497 e. The molecule has 1 aliphatic heterocycles. The van der Waals surface area contributed by atoms with Crippen molar-refractivity contribution in [3.05, 3.63) is 95.8 Å². The first-order chi connectivity index (χ1) is 18.5. The van der Waals surface area contributed by atoms with Gasteiger partial charge in [-0.25, -0.2) is 4.39 Å². The van der Waals surface area contributed by atoms with Crippen LogP contribution >= 0.6 is 0 Å². The van der Waals surface area contributed by atoms with Crippen molar-refractivity contribution in [2.24, 2.45) is 5.92 Å². The highest BCUT2D eigenvalue weighted by Gasteiger charge is 2.41. The van der Waals surface area contributed by atoms with Gasteiger partial charge in [-0.15, -0.1) is 0 Å². The molecule has 38 heavy (non-hydrogen) atoms. The van der Waals surface area contributed by atoms with Gasteiger partial charge in [0.2, 0.25) is 11.8 Å². The summed E-state index contributed by atoms with van der Waals surface area (Å²) in [5.41, 5.74) is 2.68. The molecule has 3 aromatic rings. The number of hydrogen-bond acceptors (Lipinski definition) is 4. The standard InChI is InChI=1S/C31H36FN3O3/c1-3-34(22-23-8-5-4-6-9-23)21-7-20-33-31(37)28-18-19-29(36)35(26-14-16-27(38-2)17-15-26)30(28)24-10-12-25(32)13-11-24/h4-6,8-17,28,30H,3,7,18-22H2,1-2H3,(H,33,37)/t28-,30+/m0/s1. The Hall–Kier alpha value is -3.71. The summed E-state index contributed by atoms with van der Waals surface area (Å²) in [4.78, 5) is 30.7. The number of methoxy groups -OCH3 is 1. The van der Waals surface area contributed by atoms with Gasteiger partial charge >= 0.3 is 0 Å². The normalized spacial score (nSPS) is 17.5. The Balaban J connectivity index is 1.46. The zero-order valence-electron chi connectivity index (χ0n) is 22.1. The maximum absolute atomic E-state index is 13.7. The Morgan fingerprint density at radius 1 is 1.05 bits per heavy atom. The molecule has 3 aromatic carbocycles. The van der Waals surface area contributed by atoms with Crippen LogP contribution in [0.15, 0.2) is 78.9 Å². The van der Waals surface area contributed by atoms with Crippen LogP contribution in [0.25, 0.3) is 0 Å². The van der Waals surface area contributed by atoms with Crippen molar-refractivity contribution >= 4 is 17.5 Å². The van der Waals surface area contributed by atoms with Gasteiger partial charge in [0.15, 0.2) is 0 Å². The highest BCUT2D eigenvalue weighted by molar-refractivity contribution is 5.97. The summed E-state index contributed by atoms with van der Waals surface area (Å²) >= 11 is 0. The van der Waals surface area contributed by atoms with E-state index in [1.165, 1.54) is 17.7 Å². The molecule has 4 rings (SSSR count). The first-order valence-electron chi connectivity index (χ1n) is 13.3.